The Bertz CT molecular complexity index is 968. The minimum absolute atomic E-state index is 0.713. The molecule has 0 bridgehead atoms. The van der Waals surface area contributed by atoms with E-state index in [9.17, 15) is 0 Å². The molecule has 0 aliphatic rings. The standard InChI is InChI=1S/C22H16Cl2N2/c1-15-2-12-20(13-3-15)26-22(17-6-10-19(24)11-7-17)14-21(25-26)16-4-8-18(23)9-5-16/h2-14H,1H3. The Hall–Kier alpha value is -2.55. The SMILES string of the molecule is Cc1ccc(-n2nc(-c3ccc(Cl)cc3)cc2-c2ccc(Cl)cc2)cc1. The van der Waals surface area contributed by atoms with Crippen LogP contribution >= 0.6 is 23.2 Å². The molecule has 2 nitrogen and oxygen atoms in total. The molecule has 0 aliphatic heterocycles. The van der Waals surface area contributed by atoms with Gasteiger partial charge in [0.15, 0.2) is 0 Å². The van der Waals surface area contributed by atoms with Gasteiger partial charge in [0.1, 0.15) is 0 Å². The second-order valence-electron chi connectivity index (χ2n) is 6.18. The number of nitrogens with zero attached hydrogens (tertiary/aromatic N) is 2. The summed E-state index contributed by atoms with van der Waals surface area (Å²) >= 11 is 12.1. The number of halogens is 2. The molecule has 4 heteroatoms. The Balaban J connectivity index is 1.88. The van der Waals surface area contributed by atoms with Crippen LogP contribution in [0.15, 0.2) is 78.9 Å². The lowest BCUT2D eigenvalue weighted by atomic mass is 10.1. The number of aromatic nitrogens is 2. The van der Waals surface area contributed by atoms with Gasteiger partial charge in [-0.2, -0.15) is 5.10 Å². The summed E-state index contributed by atoms with van der Waals surface area (Å²) in [7, 11) is 0. The monoisotopic (exact) mass is 378 g/mol. The first-order valence-electron chi connectivity index (χ1n) is 8.29. The van der Waals surface area contributed by atoms with Gasteiger partial charge in [0.05, 0.1) is 17.1 Å². The zero-order chi connectivity index (χ0) is 18.1. The van der Waals surface area contributed by atoms with Gasteiger partial charge in [-0.3, -0.25) is 0 Å². The second kappa shape index (κ2) is 6.99. The molecule has 4 aromatic rings. The van der Waals surface area contributed by atoms with Crippen molar-refractivity contribution >= 4 is 23.2 Å². The highest BCUT2D eigenvalue weighted by atomic mass is 35.5. The summed E-state index contributed by atoms with van der Waals surface area (Å²) in [5, 5.41) is 6.28. The molecule has 0 radical (unpaired) electrons. The number of hydrogen-bond donors (Lipinski definition) is 0. The lowest BCUT2D eigenvalue weighted by Gasteiger charge is -2.08. The van der Waals surface area contributed by atoms with Crippen LogP contribution < -0.4 is 0 Å². The van der Waals surface area contributed by atoms with E-state index in [1.807, 2.05) is 53.2 Å². The summed E-state index contributed by atoms with van der Waals surface area (Å²) in [5.74, 6) is 0. The quantitative estimate of drug-likeness (QED) is 0.382. The molecule has 128 valence electrons. The summed E-state index contributed by atoms with van der Waals surface area (Å²) < 4.78 is 1.96. The van der Waals surface area contributed by atoms with E-state index in [2.05, 4.69) is 37.3 Å². The van der Waals surface area contributed by atoms with Crippen LogP contribution in [-0.4, -0.2) is 9.78 Å². The van der Waals surface area contributed by atoms with Crippen molar-refractivity contribution in [3.05, 3.63) is 94.5 Å². The van der Waals surface area contributed by atoms with Crippen molar-refractivity contribution < 1.29 is 0 Å². The van der Waals surface area contributed by atoms with Crippen LogP contribution in [0.2, 0.25) is 10.0 Å². The number of aryl methyl sites for hydroxylation is 1. The predicted molar refractivity (Wildman–Crippen MR) is 109 cm³/mol. The van der Waals surface area contributed by atoms with Crippen molar-refractivity contribution in [3.63, 3.8) is 0 Å². The Morgan fingerprint density at radius 1 is 0.692 bits per heavy atom. The van der Waals surface area contributed by atoms with E-state index in [0.717, 1.165) is 28.2 Å². The summed E-state index contributed by atoms with van der Waals surface area (Å²) in [6.45, 7) is 2.08. The molecule has 0 atom stereocenters. The van der Waals surface area contributed by atoms with Crippen LogP contribution in [0.5, 0.6) is 0 Å². The molecule has 0 saturated carbocycles. The molecule has 0 amide bonds. The maximum atomic E-state index is 6.05. The molecule has 4 rings (SSSR count). The van der Waals surface area contributed by atoms with Crippen LogP contribution in [-0.2, 0) is 0 Å². The zero-order valence-corrected chi connectivity index (χ0v) is 15.7. The maximum Gasteiger partial charge on any atom is 0.0934 e. The maximum absolute atomic E-state index is 6.05. The van der Waals surface area contributed by atoms with Gasteiger partial charge < -0.3 is 0 Å². The Kier molecular flexibility index (Phi) is 4.54. The molecular formula is C22H16Cl2N2. The number of hydrogen-bond acceptors (Lipinski definition) is 1. The minimum atomic E-state index is 0.713. The van der Waals surface area contributed by atoms with Crippen molar-refractivity contribution in [2.24, 2.45) is 0 Å². The largest absolute Gasteiger partial charge is 0.232 e. The van der Waals surface area contributed by atoms with Crippen LogP contribution in [0.4, 0.5) is 0 Å². The molecule has 0 saturated heterocycles. The Labute approximate surface area is 162 Å². The van der Waals surface area contributed by atoms with E-state index in [-0.39, 0.29) is 0 Å². The molecule has 1 aromatic heterocycles. The number of benzene rings is 3. The van der Waals surface area contributed by atoms with E-state index >= 15 is 0 Å². The topological polar surface area (TPSA) is 17.8 Å². The summed E-state index contributed by atoms with van der Waals surface area (Å²) in [4.78, 5) is 0. The van der Waals surface area contributed by atoms with Crippen molar-refractivity contribution in [1.82, 2.24) is 9.78 Å². The van der Waals surface area contributed by atoms with E-state index in [4.69, 9.17) is 28.3 Å². The first-order valence-corrected chi connectivity index (χ1v) is 9.05. The summed E-state index contributed by atoms with van der Waals surface area (Å²) in [6, 6.07) is 25.9. The summed E-state index contributed by atoms with van der Waals surface area (Å²) in [5.41, 5.74) is 6.22. The number of rotatable bonds is 3. The van der Waals surface area contributed by atoms with Gasteiger partial charge in [-0.15, -0.1) is 0 Å². The lowest BCUT2D eigenvalue weighted by Crippen LogP contribution is -1.99. The second-order valence-corrected chi connectivity index (χ2v) is 7.05. The molecule has 0 fully saturated rings. The van der Waals surface area contributed by atoms with Gasteiger partial charge in [-0.05, 0) is 49.4 Å². The molecule has 0 unspecified atom stereocenters. The van der Waals surface area contributed by atoms with E-state index in [1.54, 1.807) is 0 Å². The average Bonchev–Trinajstić information content (AvgIpc) is 3.09. The van der Waals surface area contributed by atoms with Gasteiger partial charge in [-0.25, -0.2) is 4.68 Å². The highest BCUT2D eigenvalue weighted by Crippen LogP contribution is 2.30. The predicted octanol–water partition coefficient (Wildman–Crippen LogP) is 6.82. The van der Waals surface area contributed by atoms with Crippen molar-refractivity contribution in [2.45, 2.75) is 6.92 Å². The van der Waals surface area contributed by atoms with Crippen molar-refractivity contribution in [1.29, 1.82) is 0 Å². The molecule has 0 N–H and O–H groups in total. The normalized spacial score (nSPS) is 10.9. The van der Waals surface area contributed by atoms with Gasteiger partial charge in [-0.1, -0.05) is 65.2 Å². The molecule has 1 heterocycles. The first kappa shape index (κ1) is 16.9. The Morgan fingerprint density at radius 2 is 1.23 bits per heavy atom. The van der Waals surface area contributed by atoms with Crippen LogP contribution in [0.25, 0.3) is 28.2 Å². The fourth-order valence-corrected chi connectivity index (χ4v) is 3.10. The van der Waals surface area contributed by atoms with E-state index < -0.39 is 0 Å². The highest BCUT2D eigenvalue weighted by molar-refractivity contribution is 6.30. The van der Waals surface area contributed by atoms with Crippen LogP contribution in [0.3, 0.4) is 0 Å². The van der Waals surface area contributed by atoms with Gasteiger partial charge >= 0.3 is 0 Å². The summed E-state index contributed by atoms with van der Waals surface area (Å²) in [6.07, 6.45) is 0. The average molecular weight is 379 g/mol. The van der Waals surface area contributed by atoms with Gasteiger partial charge in [0.25, 0.3) is 0 Å². The molecular weight excluding hydrogens is 363 g/mol. The molecule has 3 aromatic carbocycles. The van der Waals surface area contributed by atoms with Crippen molar-refractivity contribution in [3.8, 4) is 28.2 Å². The Morgan fingerprint density at radius 3 is 1.81 bits per heavy atom. The third kappa shape index (κ3) is 3.39. The fraction of sp³-hybridized carbons (Fsp3) is 0.0455. The third-order valence-corrected chi connectivity index (χ3v) is 4.77. The minimum Gasteiger partial charge on any atom is -0.232 e. The fourth-order valence-electron chi connectivity index (χ4n) is 2.85. The van der Waals surface area contributed by atoms with Gasteiger partial charge in [0, 0.05) is 21.2 Å². The molecule has 0 aliphatic carbocycles. The first-order chi connectivity index (χ1) is 12.6. The molecule has 0 spiro atoms. The van der Waals surface area contributed by atoms with Crippen LogP contribution in [0, 0.1) is 6.92 Å². The molecule has 26 heavy (non-hydrogen) atoms. The lowest BCUT2D eigenvalue weighted by molar-refractivity contribution is 0.891. The zero-order valence-electron chi connectivity index (χ0n) is 14.2. The highest BCUT2D eigenvalue weighted by Gasteiger charge is 2.13. The smallest absolute Gasteiger partial charge is 0.0934 e. The van der Waals surface area contributed by atoms with E-state index in [1.165, 1.54) is 5.56 Å². The van der Waals surface area contributed by atoms with Crippen molar-refractivity contribution in [2.75, 3.05) is 0 Å². The third-order valence-electron chi connectivity index (χ3n) is 4.27. The van der Waals surface area contributed by atoms with Crippen LogP contribution in [0.1, 0.15) is 5.56 Å². The van der Waals surface area contributed by atoms with Gasteiger partial charge in [0.2, 0.25) is 0 Å². The van der Waals surface area contributed by atoms with E-state index in [0.29, 0.717) is 10.0 Å².